The third kappa shape index (κ3) is 5.93. The molecule has 9 heteroatoms. The maximum absolute atomic E-state index is 13.0. The van der Waals surface area contributed by atoms with E-state index in [2.05, 4.69) is 0 Å². The van der Waals surface area contributed by atoms with Crippen molar-refractivity contribution >= 4 is 15.7 Å². The number of benzene rings is 1. The summed E-state index contributed by atoms with van der Waals surface area (Å²) in [5.74, 6) is -0.881. The summed E-state index contributed by atoms with van der Waals surface area (Å²) >= 11 is 0. The highest BCUT2D eigenvalue weighted by Crippen LogP contribution is 2.27. The van der Waals surface area contributed by atoms with E-state index in [0.29, 0.717) is 19.3 Å². The Kier molecular flexibility index (Phi) is 5.83. The van der Waals surface area contributed by atoms with E-state index >= 15 is 0 Å². The summed E-state index contributed by atoms with van der Waals surface area (Å²) in [5.41, 5.74) is -0.309. The number of hydrogen-bond acceptors (Lipinski definition) is 5. The van der Waals surface area contributed by atoms with Crippen LogP contribution in [-0.2, 0) is 10.0 Å². The van der Waals surface area contributed by atoms with Crippen LogP contribution in [0.15, 0.2) is 18.2 Å². The molecule has 0 fully saturated rings. The predicted molar refractivity (Wildman–Crippen MR) is 70.4 cm³/mol. The van der Waals surface area contributed by atoms with Gasteiger partial charge in [0.15, 0.2) is 5.75 Å². The van der Waals surface area contributed by atoms with E-state index in [9.17, 15) is 22.9 Å². The second-order valence-corrected chi connectivity index (χ2v) is 5.88. The lowest BCUT2D eigenvalue weighted by Crippen LogP contribution is -2.16. The van der Waals surface area contributed by atoms with Gasteiger partial charge in [-0.3, -0.25) is 10.1 Å². The molecule has 0 unspecified atom stereocenters. The fourth-order valence-electron chi connectivity index (χ4n) is 1.52. The number of primary sulfonamides is 1. The van der Waals surface area contributed by atoms with Gasteiger partial charge in [0.1, 0.15) is 5.82 Å². The summed E-state index contributed by atoms with van der Waals surface area (Å²) in [4.78, 5) is 10.0. The number of nitro benzene ring substituents is 1. The molecule has 0 atom stereocenters. The number of nitro groups is 1. The lowest BCUT2D eigenvalue weighted by atomic mass is 10.2. The number of unbranched alkanes of at least 4 members (excludes halogenated alkanes) is 2. The number of rotatable bonds is 8. The van der Waals surface area contributed by atoms with Crippen molar-refractivity contribution < 1.29 is 22.5 Å². The summed E-state index contributed by atoms with van der Waals surface area (Å²) in [5, 5.41) is 15.5. The van der Waals surface area contributed by atoms with E-state index in [-0.39, 0.29) is 23.8 Å². The molecule has 0 bridgehead atoms. The summed E-state index contributed by atoms with van der Waals surface area (Å²) in [7, 11) is -3.47. The first-order valence-electron chi connectivity index (χ1n) is 5.87. The molecule has 0 heterocycles. The van der Waals surface area contributed by atoms with Gasteiger partial charge < -0.3 is 4.74 Å². The number of sulfonamides is 1. The summed E-state index contributed by atoms with van der Waals surface area (Å²) < 4.78 is 39.5. The van der Waals surface area contributed by atoms with Gasteiger partial charge in [0, 0.05) is 12.1 Å². The van der Waals surface area contributed by atoms with Crippen molar-refractivity contribution in [3.05, 3.63) is 34.1 Å². The second kappa shape index (κ2) is 7.15. The second-order valence-electron chi connectivity index (χ2n) is 4.15. The number of ether oxygens (including phenoxy) is 1. The quantitative estimate of drug-likeness (QED) is 0.445. The molecular formula is C11H15FN2O5S. The third-order valence-electron chi connectivity index (χ3n) is 2.45. The van der Waals surface area contributed by atoms with Crippen LogP contribution in [0.5, 0.6) is 5.75 Å². The van der Waals surface area contributed by atoms with Crippen molar-refractivity contribution in [2.45, 2.75) is 19.3 Å². The van der Waals surface area contributed by atoms with Crippen LogP contribution in [0, 0.1) is 15.9 Å². The Labute approximate surface area is 115 Å². The van der Waals surface area contributed by atoms with Gasteiger partial charge in [-0.05, 0) is 25.3 Å². The maximum atomic E-state index is 13.0. The highest BCUT2D eigenvalue weighted by molar-refractivity contribution is 7.89. The minimum Gasteiger partial charge on any atom is -0.487 e. The zero-order chi connectivity index (χ0) is 15.2. The monoisotopic (exact) mass is 306 g/mol. The van der Waals surface area contributed by atoms with Gasteiger partial charge in [0.05, 0.1) is 17.3 Å². The van der Waals surface area contributed by atoms with Gasteiger partial charge >= 0.3 is 5.69 Å². The van der Waals surface area contributed by atoms with E-state index in [1.807, 2.05) is 0 Å². The molecule has 2 N–H and O–H groups in total. The van der Waals surface area contributed by atoms with Gasteiger partial charge in [-0.25, -0.2) is 17.9 Å². The smallest absolute Gasteiger partial charge is 0.311 e. The first-order valence-corrected chi connectivity index (χ1v) is 7.58. The van der Waals surface area contributed by atoms with Crippen molar-refractivity contribution in [1.82, 2.24) is 0 Å². The molecule has 112 valence electrons. The Morgan fingerprint density at radius 3 is 2.60 bits per heavy atom. The van der Waals surface area contributed by atoms with Crippen molar-refractivity contribution in [3.8, 4) is 5.75 Å². The van der Waals surface area contributed by atoms with E-state index < -0.39 is 20.8 Å². The third-order valence-corrected chi connectivity index (χ3v) is 3.31. The summed E-state index contributed by atoms with van der Waals surface area (Å²) in [6.07, 6.45) is 1.41. The summed E-state index contributed by atoms with van der Waals surface area (Å²) in [6.45, 7) is 0.134. The molecule has 1 rings (SSSR count). The fourth-order valence-corrected chi connectivity index (χ4v) is 2.13. The normalized spacial score (nSPS) is 11.3. The van der Waals surface area contributed by atoms with Crippen LogP contribution in [-0.4, -0.2) is 25.7 Å². The van der Waals surface area contributed by atoms with Gasteiger partial charge in [0.2, 0.25) is 10.0 Å². The number of hydrogen-bond donors (Lipinski definition) is 1. The first-order chi connectivity index (χ1) is 9.29. The highest BCUT2D eigenvalue weighted by Gasteiger charge is 2.15. The molecule has 0 aliphatic heterocycles. The molecule has 0 radical (unpaired) electrons. The Morgan fingerprint density at radius 1 is 1.30 bits per heavy atom. The van der Waals surface area contributed by atoms with Crippen LogP contribution < -0.4 is 9.88 Å². The fraction of sp³-hybridized carbons (Fsp3) is 0.455. The molecule has 0 saturated heterocycles. The van der Waals surface area contributed by atoms with Crippen LogP contribution in [0.1, 0.15) is 19.3 Å². The first kappa shape index (κ1) is 16.3. The lowest BCUT2D eigenvalue weighted by Gasteiger charge is -2.06. The van der Waals surface area contributed by atoms with Crippen molar-refractivity contribution in [3.63, 3.8) is 0 Å². The van der Waals surface area contributed by atoms with Gasteiger partial charge in [-0.2, -0.15) is 0 Å². The molecule has 1 aromatic rings. The molecule has 0 saturated carbocycles. The Bertz CT molecular complexity index is 576. The average Bonchev–Trinajstić information content (AvgIpc) is 2.32. The number of nitrogens with zero attached hydrogens (tertiary/aromatic N) is 1. The summed E-state index contributed by atoms with van der Waals surface area (Å²) in [6, 6.07) is 2.96. The lowest BCUT2D eigenvalue weighted by molar-refractivity contribution is -0.385. The molecule has 0 aromatic heterocycles. The van der Waals surface area contributed by atoms with Crippen LogP contribution in [0.2, 0.25) is 0 Å². The van der Waals surface area contributed by atoms with Crippen molar-refractivity contribution in [1.29, 1.82) is 0 Å². The van der Waals surface area contributed by atoms with Crippen LogP contribution in [0.3, 0.4) is 0 Å². The molecular weight excluding hydrogens is 291 g/mol. The molecule has 7 nitrogen and oxygen atoms in total. The minimum atomic E-state index is -3.47. The van der Waals surface area contributed by atoms with E-state index in [1.165, 1.54) is 0 Å². The standard InChI is InChI=1S/C11H15FN2O5S/c12-9-4-5-10(14(15)16)11(8-9)19-6-2-1-3-7-20(13,17)18/h4-5,8H,1-3,6-7H2,(H2,13,17,18). The molecule has 0 aliphatic rings. The maximum Gasteiger partial charge on any atom is 0.311 e. The van der Waals surface area contributed by atoms with Crippen molar-refractivity contribution in [2.75, 3.05) is 12.4 Å². The van der Waals surface area contributed by atoms with Crippen LogP contribution in [0.4, 0.5) is 10.1 Å². The highest BCUT2D eigenvalue weighted by atomic mass is 32.2. The molecule has 0 amide bonds. The van der Waals surface area contributed by atoms with Gasteiger partial charge in [0.25, 0.3) is 0 Å². The number of nitrogens with two attached hydrogens (primary N) is 1. The van der Waals surface area contributed by atoms with Gasteiger partial charge in [-0.1, -0.05) is 0 Å². The Hall–Kier alpha value is -1.74. The topological polar surface area (TPSA) is 113 Å². The number of halogens is 1. The average molecular weight is 306 g/mol. The Balaban J connectivity index is 2.42. The predicted octanol–water partition coefficient (Wildman–Crippen LogP) is 1.57. The zero-order valence-electron chi connectivity index (χ0n) is 10.6. The SMILES string of the molecule is NS(=O)(=O)CCCCCOc1cc(F)ccc1[N+](=O)[O-]. The molecule has 20 heavy (non-hydrogen) atoms. The van der Waals surface area contributed by atoms with E-state index in [1.54, 1.807) is 0 Å². The zero-order valence-corrected chi connectivity index (χ0v) is 11.4. The van der Waals surface area contributed by atoms with Gasteiger partial charge in [-0.15, -0.1) is 0 Å². The van der Waals surface area contributed by atoms with Crippen molar-refractivity contribution in [2.24, 2.45) is 5.14 Å². The molecule has 1 aromatic carbocycles. The van der Waals surface area contributed by atoms with E-state index in [0.717, 1.165) is 18.2 Å². The van der Waals surface area contributed by atoms with Crippen LogP contribution >= 0.6 is 0 Å². The molecule has 0 aliphatic carbocycles. The Morgan fingerprint density at radius 2 is 2.00 bits per heavy atom. The molecule has 0 spiro atoms. The minimum absolute atomic E-state index is 0.118. The largest absolute Gasteiger partial charge is 0.487 e. The van der Waals surface area contributed by atoms with Crippen LogP contribution in [0.25, 0.3) is 0 Å². The van der Waals surface area contributed by atoms with E-state index in [4.69, 9.17) is 9.88 Å².